The maximum absolute atomic E-state index is 15.4. The third kappa shape index (κ3) is 6.48. The highest BCUT2D eigenvalue weighted by atomic mass is 32.2. The minimum atomic E-state index is -3.23. The van der Waals surface area contributed by atoms with Crippen molar-refractivity contribution in [1.29, 1.82) is 0 Å². The van der Waals surface area contributed by atoms with Crippen LogP contribution in [0.25, 0.3) is 55.8 Å². The number of sulfone groups is 1. The average molecular weight is 656 g/mol. The van der Waals surface area contributed by atoms with E-state index in [1.807, 2.05) is 0 Å². The summed E-state index contributed by atoms with van der Waals surface area (Å²) in [7, 11) is -3.23. The zero-order chi connectivity index (χ0) is 32.7. The highest BCUT2D eigenvalue weighted by Gasteiger charge is 2.22. The van der Waals surface area contributed by atoms with Crippen molar-refractivity contribution in [3.8, 4) is 33.8 Å². The SMILES string of the molecule is CS(=O)(=O)CCc1cc(F)cc(-c2ccnc3nc(-c4[nH]nc5c(F)cc(-c6cncc(NC(=O)C7CCCCC7)c6)cc45)[nH]c23)c1. The normalized spacial score (nSPS) is 14.2. The quantitative estimate of drug-likeness (QED) is 0.167. The van der Waals surface area contributed by atoms with Crippen molar-refractivity contribution in [2.45, 2.75) is 38.5 Å². The number of aromatic nitrogens is 6. The van der Waals surface area contributed by atoms with Crippen LogP contribution in [0.1, 0.15) is 37.7 Å². The van der Waals surface area contributed by atoms with Gasteiger partial charge in [-0.1, -0.05) is 25.3 Å². The molecule has 0 atom stereocenters. The zero-order valence-electron chi connectivity index (χ0n) is 25.5. The summed E-state index contributed by atoms with van der Waals surface area (Å²) in [4.78, 5) is 29.4. The highest BCUT2D eigenvalue weighted by Crippen LogP contribution is 2.35. The van der Waals surface area contributed by atoms with E-state index in [4.69, 9.17) is 0 Å². The Morgan fingerprint density at radius 2 is 1.83 bits per heavy atom. The Morgan fingerprint density at radius 1 is 1.00 bits per heavy atom. The molecular formula is C34H31F2N7O3S. The number of amides is 1. The van der Waals surface area contributed by atoms with Crippen molar-refractivity contribution in [2.75, 3.05) is 17.3 Å². The van der Waals surface area contributed by atoms with E-state index < -0.39 is 21.5 Å². The number of nitrogens with one attached hydrogen (secondary N) is 3. The Kier molecular flexibility index (Phi) is 8.00. The molecule has 0 radical (unpaired) electrons. The molecule has 4 aromatic heterocycles. The number of hydrogen-bond donors (Lipinski definition) is 3. The second kappa shape index (κ2) is 12.3. The van der Waals surface area contributed by atoms with Crippen LogP contribution in [0.5, 0.6) is 0 Å². The van der Waals surface area contributed by atoms with Crippen molar-refractivity contribution in [2.24, 2.45) is 5.92 Å². The number of benzene rings is 2. The summed E-state index contributed by atoms with van der Waals surface area (Å²) >= 11 is 0. The topological polar surface area (TPSA) is 146 Å². The Bertz CT molecular complexity index is 2260. The number of nitrogens with zero attached hydrogens (tertiary/aromatic N) is 4. The van der Waals surface area contributed by atoms with Crippen molar-refractivity contribution >= 4 is 43.5 Å². The van der Waals surface area contributed by atoms with E-state index in [1.165, 1.54) is 18.2 Å². The van der Waals surface area contributed by atoms with E-state index in [9.17, 15) is 17.6 Å². The summed E-state index contributed by atoms with van der Waals surface area (Å²) < 4.78 is 53.5. The second-order valence-corrected chi connectivity index (χ2v) is 14.4. The number of H-pyrrole nitrogens is 2. The van der Waals surface area contributed by atoms with Gasteiger partial charge in [-0.2, -0.15) is 5.10 Å². The van der Waals surface area contributed by atoms with Crippen molar-refractivity contribution in [1.82, 2.24) is 30.1 Å². The number of rotatable bonds is 8. The standard InChI is InChI=1S/C34H31F2N7O3S/c1-47(45,46)10-8-19-11-22(13-24(35)12-19)26-7-9-38-32-30(26)40-33(41-32)31-27-15-21(16-28(36)29(27)42-43-31)23-14-25(18-37-17-23)39-34(44)20-5-3-2-4-6-20/h7,9,11-18,20H,2-6,8,10H2,1H3,(H,39,44)(H,42,43)(H,38,40,41). The number of carbonyl (C=O) groups is 1. The van der Waals surface area contributed by atoms with Gasteiger partial charge in [-0.15, -0.1) is 0 Å². The van der Waals surface area contributed by atoms with E-state index in [0.29, 0.717) is 61.6 Å². The number of carbonyl (C=O) groups excluding carboxylic acids is 1. The van der Waals surface area contributed by atoms with Crippen molar-refractivity contribution < 1.29 is 22.0 Å². The van der Waals surface area contributed by atoms with Gasteiger partial charge in [0.25, 0.3) is 0 Å². The fraction of sp³-hybridized carbons (Fsp3) is 0.265. The van der Waals surface area contributed by atoms with E-state index in [2.05, 4.69) is 35.5 Å². The van der Waals surface area contributed by atoms with Gasteiger partial charge in [0.2, 0.25) is 5.91 Å². The maximum Gasteiger partial charge on any atom is 0.227 e. The fourth-order valence-corrected chi connectivity index (χ4v) is 6.83. The van der Waals surface area contributed by atoms with E-state index in [0.717, 1.165) is 38.4 Å². The van der Waals surface area contributed by atoms with Crippen LogP contribution in [0.3, 0.4) is 0 Å². The number of anilines is 1. The summed E-state index contributed by atoms with van der Waals surface area (Å²) in [6, 6.07) is 11.1. The van der Waals surface area contributed by atoms with Gasteiger partial charge in [-0.25, -0.2) is 27.2 Å². The third-order valence-electron chi connectivity index (χ3n) is 8.59. The van der Waals surface area contributed by atoms with Crippen LogP contribution < -0.4 is 5.32 Å². The molecule has 1 saturated carbocycles. The predicted octanol–water partition coefficient (Wildman–Crippen LogP) is 6.61. The van der Waals surface area contributed by atoms with Crippen LogP contribution >= 0.6 is 0 Å². The summed E-state index contributed by atoms with van der Waals surface area (Å²) in [5, 5.41) is 10.5. The predicted molar refractivity (Wildman–Crippen MR) is 176 cm³/mol. The van der Waals surface area contributed by atoms with Gasteiger partial charge < -0.3 is 10.3 Å². The molecule has 0 saturated heterocycles. The molecule has 6 aromatic rings. The summed E-state index contributed by atoms with van der Waals surface area (Å²) in [6.07, 6.45) is 11.0. The van der Waals surface area contributed by atoms with Gasteiger partial charge in [0.1, 0.15) is 26.9 Å². The first kappa shape index (κ1) is 30.6. The van der Waals surface area contributed by atoms with Crippen molar-refractivity contribution in [3.63, 3.8) is 0 Å². The lowest BCUT2D eigenvalue weighted by Gasteiger charge is -2.20. The van der Waals surface area contributed by atoms with Crippen LogP contribution in [0, 0.1) is 17.6 Å². The van der Waals surface area contributed by atoms with Crippen LogP contribution in [-0.4, -0.2) is 56.5 Å². The first-order valence-corrected chi connectivity index (χ1v) is 17.4. The number of pyridine rings is 2. The molecule has 1 aliphatic rings. The lowest BCUT2D eigenvalue weighted by molar-refractivity contribution is -0.120. The van der Waals surface area contributed by atoms with Gasteiger partial charge in [0, 0.05) is 41.1 Å². The molecule has 0 aliphatic heterocycles. The van der Waals surface area contributed by atoms with Crippen LogP contribution in [0.4, 0.5) is 14.5 Å². The molecule has 0 spiro atoms. The number of fused-ring (bicyclic) bond motifs is 2. The van der Waals surface area contributed by atoms with Gasteiger partial charge in [-0.3, -0.25) is 14.9 Å². The molecule has 0 unspecified atom stereocenters. The first-order chi connectivity index (χ1) is 22.6. The number of aromatic amines is 2. The summed E-state index contributed by atoms with van der Waals surface area (Å²) in [5.74, 6) is -0.839. The Balaban J connectivity index is 1.23. The Hall–Kier alpha value is -5.04. The van der Waals surface area contributed by atoms with E-state index in [1.54, 1.807) is 42.9 Å². The molecule has 2 aromatic carbocycles. The maximum atomic E-state index is 15.4. The largest absolute Gasteiger partial charge is 0.335 e. The van der Waals surface area contributed by atoms with Gasteiger partial charge in [0.05, 0.1) is 23.2 Å². The highest BCUT2D eigenvalue weighted by molar-refractivity contribution is 7.90. The second-order valence-electron chi connectivity index (χ2n) is 12.1. The zero-order valence-corrected chi connectivity index (χ0v) is 26.3. The summed E-state index contributed by atoms with van der Waals surface area (Å²) in [6.45, 7) is 0. The van der Waals surface area contributed by atoms with E-state index >= 15 is 4.39 Å². The number of imidazole rings is 1. The molecule has 1 amide bonds. The number of halogens is 2. The molecule has 7 rings (SSSR count). The molecule has 0 bridgehead atoms. The molecule has 240 valence electrons. The van der Waals surface area contributed by atoms with Gasteiger partial charge in [-0.05, 0) is 72.4 Å². The van der Waals surface area contributed by atoms with Gasteiger partial charge >= 0.3 is 0 Å². The summed E-state index contributed by atoms with van der Waals surface area (Å²) in [5.41, 5.74) is 4.80. The third-order valence-corrected chi connectivity index (χ3v) is 9.53. The van der Waals surface area contributed by atoms with Crippen LogP contribution in [0.15, 0.2) is 61.1 Å². The number of hydrogen-bond acceptors (Lipinski definition) is 7. The van der Waals surface area contributed by atoms with Crippen LogP contribution in [0.2, 0.25) is 0 Å². The minimum absolute atomic E-state index is 0.0173. The average Bonchev–Trinajstić information content (AvgIpc) is 3.68. The lowest BCUT2D eigenvalue weighted by atomic mass is 9.88. The Morgan fingerprint density at radius 3 is 2.64 bits per heavy atom. The first-order valence-electron chi connectivity index (χ1n) is 15.4. The molecular weight excluding hydrogens is 624 g/mol. The molecule has 47 heavy (non-hydrogen) atoms. The molecule has 3 N–H and O–H groups in total. The molecule has 1 aliphatic carbocycles. The molecule has 4 heterocycles. The minimum Gasteiger partial charge on any atom is -0.335 e. The lowest BCUT2D eigenvalue weighted by Crippen LogP contribution is -2.24. The van der Waals surface area contributed by atoms with Gasteiger partial charge in [0.15, 0.2) is 17.3 Å². The number of aryl methyl sites for hydroxylation is 1. The molecule has 13 heteroatoms. The smallest absolute Gasteiger partial charge is 0.227 e. The monoisotopic (exact) mass is 655 g/mol. The van der Waals surface area contributed by atoms with Crippen LogP contribution in [-0.2, 0) is 21.1 Å². The fourth-order valence-electron chi connectivity index (χ4n) is 6.22. The Labute approximate surface area is 269 Å². The van der Waals surface area contributed by atoms with Crippen molar-refractivity contribution in [3.05, 3.63) is 78.3 Å². The molecule has 1 fully saturated rings. The molecule has 10 nitrogen and oxygen atoms in total. The van der Waals surface area contributed by atoms with E-state index in [-0.39, 0.29) is 29.5 Å².